The van der Waals surface area contributed by atoms with Gasteiger partial charge in [-0.3, -0.25) is 9.05 Å². The van der Waals surface area contributed by atoms with E-state index in [4.69, 9.17) is 60.2 Å². The fraction of sp³-hybridized carbons (Fsp3) is 0.444. The minimum absolute atomic E-state index is 0. The maximum absolute atomic E-state index is 5.94. The minimum atomic E-state index is -2.92. The summed E-state index contributed by atoms with van der Waals surface area (Å²) in [4.78, 5) is 3.90. The summed E-state index contributed by atoms with van der Waals surface area (Å²) in [5.74, 6) is 0.0521. The molecule has 0 N–H and O–H groups in total. The van der Waals surface area contributed by atoms with Crippen molar-refractivity contribution in [3.8, 4) is 5.88 Å². The van der Waals surface area contributed by atoms with Crippen LogP contribution >= 0.6 is 41.5 Å². The first-order chi connectivity index (χ1) is 8.41. The van der Waals surface area contributed by atoms with Crippen LogP contribution < -0.4 is 4.52 Å². The van der Waals surface area contributed by atoms with Gasteiger partial charge in [-0.25, -0.2) is 0 Å². The second-order valence-electron chi connectivity index (χ2n) is 2.92. The number of halogens is 3. The van der Waals surface area contributed by atoms with Crippen molar-refractivity contribution < 1.29 is 16.4 Å². The summed E-state index contributed by atoms with van der Waals surface area (Å²) in [5.41, 5.74) is 0. The molecule has 0 aliphatic carbocycles. The van der Waals surface area contributed by atoms with E-state index >= 15 is 0 Å². The maximum Gasteiger partial charge on any atom is 2.00 e. The Bertz CT molecular complexity index is 480. The molecule has 0 saturated heterocycles. The van der Waals surface area contributed by atoms with E-state index in [0.717, 1.165) is 0 Å². The molecule has 1 heterocycles. The second-order valence-corrected chi connectivity index (χ2v) is 7.03. The molecule has 0 unspecified atom stereocenters. The molecule has 0 amide bonds. The third-order valence-electron chi connectivity index (χ3n) is 1.63. The molecule has 0 bridgehead atoms. The van der Waals surface area contributed by atoms with Gasteiger partial charge < -0.3 is 7.38 Å². The quantitative estimate of drug-likeness (QED) is 0.403. The molecule has 0 atom stereocenters. The Hall–Kier alpha value is 1.65. The number of aromatic nitrogens is 1. The van der Waals surface area contributed by atoms with Gasteiger partial charge in [-0.05, 0) is 19.9 Å². The topological polar surface area (TPSA) is 40.6 Å². The third kappa shape index (κ3) is 6.52. The van der Waals surface area contributed by atoms with Crippen LogP contribution in [0.2, 0.25) is 15.2 Å². The maximum atomic E-state index is 5.94. The Morgan fingerprint density at radius 3 is 2.21 bits per heavy atom. The van der Waals surface area contributed by atoms with Gasteiger partial charge in [0.05, 0.1) is 18.2 Å². The molecular weight excluding hydrogens is 380 g/mol. The van der Waals surface area contributed by atoms with Crippen LogP contribution in [0.3, 0.4) is 0 Å². The summed E-state index contributed by atoms with van der Waals surface area (Å²) >= 11 is 22.7. The van der Waals surface area contributed by atoms with Gasteiger partial charge >= 0.3 is 44.5 Å². The number of hydrogen-bond donors (Lipinski definition) is 0. The van der Waals surface area contributed by atoms with Crippen LogP contribution in [0.4, 0.5) is 0 Å². The van der Waals surface area contributed by atoms with E-state index in [2.05, 4.69) is 4.98 Å². The van der Waals surface area contributed by atoms with Gasteiger partial charge in [0, 0.05) is 11.8 Å². The number of rotatable bonds is 6. The number of nitrogens with zero attached hydrogens (tertiary/aromatic N) is 1. The van der Waals surface area contributed by atoms with Crippen molar-refractivity contribution in [2.24, 2.45) is 0 Å². The number of pyridine rings is 1. The fourth-order valence-electron chi connectivity index (χ4n) is 1.00. The zero-order valence-electron chi connectivity index (χ0n) is 12.4. The van der Waals surface area contributed by atoms with Crippen LogP contribution in [0.5, 0.6) is 5.88 Å². The Morgan fingerprint density at radius 2 is 1.74 bits per heavy atom. The molecular formula is C9H13CaCl3NO3PS. The van der Waals surface area contributed by atoms with E-state index in [1.807, 2.05) is 0 Å². The van der Waals surface area contributed by atoms with E-state index in [1.54, 1.807) is 13.8 Å². The van der Waals surface area contributed by atoms with Crippen LogP contribution in [0, 0.1) is 0 Å². The van der Waals surface area contributed by atoms with Crippen molar-refractivity contribution in [3.63, 3.8) is 0 Å². The predicted molar refractivity (Wildman–Crippen MR) is 85.4 cm³/mol. The first-order valence-electron chi connectivity index (χ1n) is 5.02. The van der Waals surface area contributed by atoms with Crippen LogP contribution in [0.15, 0.2) is 6.07 Å². The minimum Gasteiger partial charge on any atom is -1.00 e. The van der Waals surface area contributed by atoms with E-state index in [1.165, 1.54) is 6.07 Å². The van der Waals surface area contributed by atoms with E-state index < -0.39 is 6.72 Å². The predicted octanol–water partition coefficient (Wildman–Crippen LogP) is 4.56. The Kier molecular flexibility index (Phi) is 10.5. The average Bonchev–Trinajstić information content (AvgIpc) is 2.26. The molecule has 0 saturated carbocycles. The molecule has 10 heteroatoms. The summed E-state index contributed by atoms with van der Waals surface area (Å²) in [6, 6.07) is 1.42. The van der Waals surface area contributed by atoms with Crippen LogP contribution in [0.25, 0.3) is 0 Å². The zero-order chi connectivity index (χ0) is 13.8. The van der Waals surface area contributed by atoms with E-state index in [0.29, 0.717) is 13.2 Å². The number of hydrogen-bond acceptors (Lipinski definition) is 5. The molecule has 0 fully saturated rings. The summed E-state index contributed by atoms with van der Waals surface area (Å²) in [6.45, 7) is 1.37. The summed E-state index contributed by atoms with van der Waals surface area (Å²) in [6.07, 6.45) is 0. The van der Waals surface area contributed by atoms with Crippen molar-refractivity contribution in [2.45, 2.75) is 13.8 Å². The van der Waals surface area contributed by atoms with Crippen molar-refractivity contribution >= 4 is 91.1 Å². The SMILES string of the molecule is CCOP(=S)(OCC)Oc1nc(Cl)c(Cl)cc1Cl.[Ca+2].[H-].[H-]. The zero-order valence-corrected chi connectivity index (χ0v) is 16.5. The normalized spacial score (nSPS) is 11.0. The molecule has 1 aromatic heterocycles. The van der Waals surface area contributed by atoms with Gasteiger partial charge in [-0.1, -0.05) is 34.8 Å². The largest absolute Gasteiger partial charge is 2.00 e. The monoisotopic (exact) mass is 391 g/mol. The van der Waals surface area contributed by atoms with Crippen LogP contribution in [-0.2, 0) is 20.9 Å². The third-order valence-corrected chi connectivity index (χ3v) is 4.97. The Labute approximate surface area is 165 Å². The second kappa shape index (κ2) is 9.62. The molecule has 4 nitrogen and oxygen atoms in total. The fourth-order valence-corrected chi connectivity index (χ4v) is 3.59. The van der Waals surface area contributed by atoms with Crippen molar-refractivity contribution in [1.82, 2.24) is 4.98 Å². The van der Waals surface area contributed by atoms with E-state index in [-0.39, 0.29) is 61.7 Å². The molecule has 19 heavy (non-hydrogen) atoms. The van der Waals surface area contributed by atoms with Gasteiger partial charge in [0.2, 0.25) is 5.88 Å². The van der Waals surface area contributed by atoms with Crippen LogP contribution in [0.1, 0.15) is 16.7 Å². The summed E-state index contributed by atoms with van der Waals surface area (Å²) in [5, 5.41) is 0.499. The van der Waals surface area contributed by atoms with E-state index in [9.17, 15) is 0 Å². The van der Waals surface area contributed by atoms with Gasteiger partial charge in [0.1, 0.15) is 5.02 Å². The molecule has 0 aromatic carbocycles. The standard InChI is InChI=1S/C9H11Cl3NO3PS.Ca.2H/c1-3-14-17(18,15-4-2)16-9-7(11)5-6(10)8(12)13-9;;;/h5H,3-4H2,1-2H3;;;/q;+2;2*-1. The van der Waals surface area contributed by atoms with Crippen molar-refractivity contribution in [3.05, 3.63) is 21.3 Å². The molecule has 0 spiro atoms. The van der Waals surface area contributed by atoms with Gasteiger partial charge in [0.25, 0.3) is 0 Å². The molecule has 1 rings (SSSR count). The Morgan fingerprint density at radius 1 is 1.21 bits per heavy atom. The van der Waals surface area contributed by atoms with Crippen molar-refractivity contribution in [2.75, 3.05) is 13.2 Å². The smallest absolute Gasteiger partial charge is 1.00 e. The van der Waals surface area contributed by atoms with Crippen LogP contribution in [-0.4, -0.2) is 55.9 Å². The van der Waals surface area contributed by atoms with Gasteiger partial charge in [0.15, 0.2) is 5.15 Å². The first-order valence-corrected chi connectivity index (χ1v) is 8.71. The first kappa shape index (κ1) is 20.6. The summed E-state index contributed by atoms with van der Waals surface area (Å²) < 4.78 is 16.1. The van der Waals surface area contributed by atoms with Crippen molar-refractivity contribution in [1.29, 1.82) is 0 Å². The van der Waals surface area contributed by atoms with Gasteiger partial charge in [-0.2, -0.15) is 4.98 Å². The molecule has 0 aliphatic heterocycles. The Balaban J connectivity index is -0.00000108. The molecule has 106 valence electrons. The van der Waals surface area contributed by atoms with Gasteiger partial charge in [-0.15, -0.1) is 0 Å². The molecule has 1 aromatic rings. The molecule has 0 radical (unpaired) electrons. The molecule has 0 aliphatic rings. The summed E-state index contributed by atoms with van der Waals surface area (Å²) in [7, 11) is 0. The average molecular weight is 393 g/mol.